The minimum atomic E-state index is -5.82. The van der Waals surface area contributed by atoms with Crippen molar-refractivity contribution >= 4 is 16.0 Å². The fourth-order valence-electron chi connectivity index (χ4n) is 3.36. The van der Waals surface area contributed by atoms with Crippen LogP contribution in [0.15, 0.2) is 0 Å². The zero-order valence-electron chi connectivity index (χ0n) is 15.9. The summed E-state index contributed by atoms with van der Waals surface area (Å²) >= 11 is 0. The van der Waals surface area contributed by atoms with Crippen molar-refractivity contribution < 1.29 is 72.8 Å². The minimum Gasteiger partial charge on any atom is -0.394 e. The second-order valence-corrected chi connectivity index (χ2v) is 8.62. The molecule has 17 heteroatoms. The Morgan fingerprint density at radius 1 is 1.03 bits per heavy atom. The highest BCUT2D eigenvalue weighted by atomic mass is 32.2. The molecule has 0 aromatic carbocycles. The van der Waals surface area contributed by atoms with E-state index in [1.807, 2.05) is 5.32 Å². The third-order valence-corrected chi connectivity index (χ3v) is 6.07. The van der Waals surface area contributed by atoms with Gasteiger partial charge in [-0.25, -0.2) is 0 Å². The van der Waals surface area contributed by atoms with E-state index in [-0.39, 0.29) is 0 Å². The van der Waals surface area contributed by atoms with Crippen molar-refractivity contribution in [3.63, 3.8) is 0 Å². The summed E-state index contributed by atoms with van der Waals surface area (Å²) in [5, 5.41) is 77.4. The van der Waals surface area contributed by atoms with Crippen LogP contribution in [0.25, 0.3) is 0 Å². The predicted octanol–water partition coefficient (Wildman–Crippen LogP) is -6.72. The van der Waals surface area contributed by atoms with E-state index in [1.165, 1.54) is 0 Å². The summed E-state index contributed by atoms with van der Waals surface area (Å²) in [6.07, 6.45) is -18.0. The molecular formula is C14H25NO15S. The first-order valence-electron chi connectivity index (χ1n) is 8.76. The zero-order chi connectivity index (χ0) is 23.9. The lowest BCUT2D eigenvalue weighted by molar-refractivity contribution is -0.397. The first kappa shape index (κ1) is 26.2. The topological polar surface area (TPSA) is 273 Å². The molecule has 2 aliphatic rings. The van der Waals surface area contributed by atoms with E-state index < -0.39 is 89.1 Å². The summed E-state index contributed by atoms with van der Waals surface area (Å²) < 4.78 is 49.1. The molecule has 10 atom stereocenters. The number of carbonyl (C=O) groups is 1. The number of nitrogens with one attached hydrogen (secondary N) is 1. The van der Waals surface area contributed by atoms with Gasteiger partial charge in [-0.3, -0.25) is 9.35 Å². The molecule has 0 aromatic heterocycles. The van der Waals surface area contributed by atoms with E-state index in [1.54, 1.807) is 0 Å². The smallest absolute Gasteiger partial charge is 0.332 e. The van der Waals surface area contributed by atoms with Crippen LogP contribution < -0.4 is 5.32 Å². The summed E-state index contributed by atoms with van der Waals surface area (Å²) in [5.74, 6) is -1.02. The molecule has 31 heavy (non-hydrogen) atoms. The van der Waals surface area contributed by atoms with Crippen LogP contribution in [0.5, 0.6) is 0 Å². The summed E-state index contributed by atoms with van der Waals surface area (Å²) in [5.41, 5.74) is -2.85. The molecular weight excluding hydrogens is 454 g/mol. The SMILES string of the molecule is CC(=O)N[C@]1(CO)O[C@](O[C@H]2[C@H](O)[C@@H](O)[C@H](O)O[C@@H]2CO)(S(=O)(=O)O)[C@H](O)[C@@H](O)[C@H]1O. The van der Waals surface area contributed by atoms with Crippen molar-refractivity contribution in [2.45, 2.75) is 66.8 Å². The van der Waals surface area contributed by atoms with Gasteiger partial charge >= 0.3 is 15.2 Å². The van der Waals surface area contributed by atoms with Crippen molar-refractivity contribution in [3.05, 3.63) is 0 Å². The number of rotatable bonds is 6. The van der Waals surface area contributed by atoms with Crippen LogP contribution in [0.1, 0.15) is 6.92 Å². The predicted molar refractivity (Wildman–Crippen MR) is 91.9 cm³/mol. The largest absolute Gasteiger partial charge is 0.394 e. The van der Waals surface area contributed by atoms with E-state index in [9.17, 15) is 58.6 Å². The Labute approximate surface area is 175 Å². The highest BCUT2D eigenvalue weighted by Crippen LogP contribution is 2.41. The van der Waals surface area contributed by atoms with Crippen LogP contribution in [0.4, 0.5) is 0 Å². The van der Waals surface area contributed by atoms with Crippen LogP contribution in [-0.4, -0.2) is 133 Å². The van der Waals surface area contributed by atoms with Crippen LogP contribution in [0, 0.1) is 0 Å². The first-order chi connectivity index (χ1) is 14.2. The van der Waals surface area contributed by atoms with Gasteiger partial charge in [0, 0.05) is 6.92 Å². The lowest BCUT2D eigenvalue weighted by Crippen LogP contribution is -2.79. The Morgan fingerprint density at radius 2 is 1.61 bits per heavy atom. The molecule has 2 heterocycles. The molecule has 0 spiro atoms. The van der Waals surface area contributed by atoms with Gasteiger partial charge in [0.05, 0.1) is 13.2 Å². The van der Waals surface area contributed by atoms with Crippen molar-refractivity contribution in [1.82, 2.24) is 5.32 Å². The molecule has 0 aliphatic carbocycles. The van der Waals surface area contributed by atoms with Crippen LogP contribution in [0.3, 0.4) is 0 Å². The quantitative estimate of drug-likeness (QED) is 0.159. The second kappa shape index (κ2) is 9.06. The molecule has 2 aliphatic heterocycles. The lowest BCUT2D eigenvalue weighted by Gasteiger charge is -2.53. The fourth-order valence-corrected chi connectivity index (χ4v) is 4.29. The number of ether oxygens (including phenoxy) is 3. The van der Waals surface area contributed by atoms with Gasteiger partial charge in [-0.05, 0) is 0 Å². The van der Waals surface area contributed by atoms with Crippen molar-refractivity contribution in [1.29, 1.82) is 0 Å². The van der Waals surface area contributed by atoms with Gasteiger partial charge < -0.3 is 60.4 Å². The number of aliphatic hydroxyl groups is 8. The minimum absolute atomic E-state index is 0.860. The number of carbonyl (C=O) groups excluding carboxylic acids is 1. The van der Waals surface area contributed by atoms with E-state index in [0.29, 0.717) is 0 Å². The van der Waals surface area contributed by atoms with Crippen LogP contribution in [0.2, 0.25) is 0 Å². The normalized spacial score (nSPS) is 46.5. The van der Waals surface area contributed by atoms with E-state index in [2.05, 4.69) is 0 Å². The third-order valence-electron chi connectivity index (χ3n) is 4.93. The van der Waals surface area contributed by atoms with Crippen molar-refractivity contribution in [2.24, 2.45) is 0 Å². The van der Waals surface area contributed by atoms with Crippen LogP contribution in [-0.2, 0) is 29.1 Å². The Hall–Kier alpha value is -1.06. The number of aliphatic hydroxyl groups excluding tert-OH is 8. The highest BCUT2D eigenvalue weighted by molar-refractivity contribution is 7.87. The molecule has 2 rings (SSSR count). The van der Waals surface area contributed by atoms with Gasteiger partial charge in [-0.1, -0.05) is 0 Å². The lowest BCUT2D eigenvalue weighted by atomic mass is 9.93. The van der Waals surface area contributed by atoms with Crippen LogP contribution >= 0.6 is 0 Å². The number of hydrogen-bond acceptors (Lipinski definition) is 14. The highest BCUT2D eigenvalue weighted by Gasteiger charge is 2.69. The standard InChI is InChI=1S/C14H25NO15S/c1-4(18)15-13(3-17)10(22)8(21)11(23)14(30-13,31(25,26)27)29-9-5(2-16)28-12(24)7(20)6(9)19/h5-12,16-17,19-24H,2-3H2,1H3,(H,15,18)(H,25,26,27)/t5-,6-,7-,8+,9-,10-,11-,12-,13-,14+/m1/s1. The molecule has 2 fully saturated rings. The molecule has 16 nitrogen and oxygen atoms in total. The molecule has 0 unspecified atom stereocenters. The summed E-state index contributed by atoms with van der Waals surface area (Å²) in [6.45, 7) is -1.60. The third kappa shape index (κ3) is 4.42. The molecule has 0 aromatic rings. The Balaban J connectivity index is 2.62. The molecule has 1 amide bonds. The average Bonchev–Trinajstić information content (AvgIpc) is 2.68. The zero-order valence-corrected chi connectivity index (χ0v) is 16.7. The maximum Gasteiger partial charge on any atom is 0.332 e. The van der Waals surface area contributed by atoms with Gasteiger partial charge in [0.25, 0.3) is 0 Å². The van der Waals surface area contributed by atoms with E-state index in [0.717, 1.165) is 6.92 Å². The molecule has 182 valence electrons. The molecule has 0 bridgehead atoms. The van der Waals surface area contributed by atoms with Gasteiger partial charge in [0.1, 0.15) is 36.6 Å². The Kier molecular flexibility index (Phi) is 7.65. The van der Waals surface area contributed by atoms with Crippen molar-refractivity contribution in [3.8, 4) is 0 Å². The molecule has 0 radical (unpaired) electrons. The second-order valence-electron chi connectivity index (χ2n) is 7.10. The van der Waals surface area contributed by atoms with Gasteiger partial charge in [0.2, 0.25) is 5.91 Å². The maximum absolute atomic E-state index is 12.2. The van der Waals surface area contributed by atoms with Gasteiger partial charge in [0.15, 0.2) is 18.1 Å². The Bertz CT molecular complexity index is 763. The summed E-state index contributed by atoms with van der Waals surface area (Å²) in [4.78, 5) is 11.5. The molecule has 10 N–H and O–H groups in total. The van der Waals surface area contributed by atoms with Gasteiger partial charge in [-0.15, -0.1) is 0 Å². The number of hydrogen-bond donors (Lipinski definition) is 10. The summed E-state index contributed by atoms with van der Waals surface area (Å²) in [7, 11) is -5.82. The monoisotopic (exact) mass is 479 g/mol. The average molecular weight is 479 g/mol. The maximum atomic E-state index is 12.2. The molecule has 2 saturated heterocycles. The fraction of sp³-hybridized carbons (Fsp3) is 0.929. The van der Waals surface area contributed by atoms with E-state index in [4.69, 9.17) is 14.2 Å². The molecule has 0 saturated carbocycles. The summed E-state index contributed by atoms with van der Waals surface area (Å²) in [6, 6.07) is 0. The van der Waals surface area contributed by atoms with E-state index >= 15 is 0 Å². The van der Waals surface area contributed by atoms with Gasteiger partial charge in [-0.2, -0.15) is 8.42 Å². The first-order valence-corrected chi connectivity index (χ1v) is 10.2. The Morgan fingerprint density at radius 3 is 2.06 bits per heavy atom. The number of amides is 1. The van der Waals surface area contributed by atoms with Crippen molar-refractivity contribution in [2.75, 3.05) is 13.2 Å².